The number of hydrogen-bond donors (Lipinski definition) is 3. The predicted octanol–water partition coefficient (Wildman–Crippen LogP) is 20.8. The van der Waals surface area contributed by atoms with Gasteiger partial charge in [-0.05, 0) is 37.5 Å². The van der Waals surface area contributed by atoms with E-state index in [1.165, 1.54) is 180 Å². The molecule has 91 heavy (non-hydrogen) atoms. The Morgan fingerprint density at radius 3 is 0.747 bits per heavy atom. The summed E-state index contributed by atoms with van der Waals surface area (Å²) in [5.74, 6) is -0.665. The van der Waals surface area contributed by atoms with Crippen LogP contribution in [0.15, 0.2) is 0 Å². The molecule has 0 fully saturated rings. The third kappa shape index (κ3) is 66.5. The van der Waals surface area contributed by atoms with Crippen molar-refractivity contribution in [2.75, 3.05) is 39.6 Å². The maximum absolute atomic E-state index is 13.0. The van der Waals surface area contributed by atoms with Crippen LogP contribution in [0.25, 0.3) is 0 Å². The lowest BCUT2D eigenvalue weighted by Crippen LogP contribution is -2.30. The Kier molecular flexibility index (Phi) is 62.7. The van der Waals surface area contributed by atoms with Gasteiger partial charge in [0.15, 0.2) is 12.2 Å². The number of hydrogen-bond acceptors (Lipinski definition) is 15. The Labute approximate surface area is 556 Å². The molecule has 540 valence electrons. The van der Waals surface area contributed by atoms with Gasteiger partial charge in [0.25, 0.3) is 0 Å². The van der Waals surface area contributed by atoms with E-state index >= 15 is 0 Å². The van der Waals surface area contributed by atoms with Crippen LogP contribution < -0.4 is 0 Å². The van der Waals surface area contributed by atoms with Crippen molar-refractivity contribution in [2.45, 2.75) is 387 Å². The molecule has 0 aliphatic heterocycles. The number of aliphatic hydroxyl groups excluding tert-OH is 1. The maximum Gasteiger partial charge on any atom is 0.472 e. The third-order valence-electron chi connectivity index (χ3n) is 16.7. The van der Waals surface area contributed by atoms with E-state index in [9.17, 15) is 43.2 Å². The van der Waals surface area contributed by atoms with Crippen LogP contribution in [0.4, 0.5) is 0 Å². The van der Waals surface area contributed by atoms with E-state index in [0.717, 1.165) is 102 Å². The summed E-state index contributed by atoms with van der Waals surface area (Å²) in [5.41, 5.74) is 0. The fraction of sp³-hybridized carbons (Fsp3) is 0.944. The van der Waals surface area contributed by atoms with Crippen molar-refractivity contribution in [2.24, 2.45) is 11.8 Å². The number of carbonyl (C=O) groups excluding carboxylic acids is 4. The van der Waals surface area contributed by atoms with E-state index in [0.29, 0.717) is 31.6 Å². The first kappa shape index (κ1) is 89.1. The minimum Gasteiger partial charge on any atom is -0.462 e. The van der Waals surface area contributed by atoms with Gasteiger partial charge in [0.05, 0.1) is 26.4 Å². The molecule has 0 aromatic carbocycles. The minimum atomic E-state index is -4.95. The lowest BCUT2D eigenvalue weighted by atomic mass is 10.0. The molecule has 0 saturated carbocycles. The smallest absolute Gasteiger partial charge is 0.462 e. The summed E-state index contributed by atoms with van der Waals surface area (Å²) < 4.78 is 68.3. The number of ether oxygens (including phenoxy) is 4. The van der Waals surface area contributed by atoms with Crippen LogP contribution in [0.5, 0.6) is 0 Å². The first-order chi connectivity index (χ1) is 43.9. The van der Waals surface area contributed by atoms with E-state index in [1.807, 2.05) is 0 Å². The quantitative estimate of drug-likeness (QED) is 0.0222. The zero-order chi connectivity index (χ0) is 67.2. The van der Waals surface area contributed by atoms with Gasteiger partial charge < -0.3 is 33.8 Å². The van der Waals surface area contributed by atoms with Gasteiger partial charge in [0.2, 0.25) is 0 Å². The highest BCUT2D eigenvalue weighted by molar-refractivity contribution is 7.47. The molecule has 0 spiro atoms. The normalized spacial score (nSPS) is 14.1. The number of carbonyl (C=O) groups is 4. The van der Waals surface area contributed by atoms with Gasteiger partial charge in [-0.1, -0.05) is 318 Å². The molecule has 0 amide bonds. The number of aliphatic hydroxyl groups is 1. The number of unbranched alkanes of at least 4 members (excludes halogenated alkanes) is 41. The van der Waals surface area contributed by atoms with Crippen LogP contribution in [0.2, 0.25) is 0 Å². The zero-order valence-electron chi connectivity index (χ0n) is 59.1. The van der Waals surface area contributed by atoms with Gasteiger partial charge in [-0.3, -0.25) is 37.3 Å². The summed E-state index contributed by atoms with van der Waals surface area (Å²) >= 11 is 0. The first-order valence-corrected chi connectivity index (χ1v) is 40.5. The molecular weight excluding hydrogens is 1200 g/mol. The molecule has 5 atom stereocenters. The molecule has 0 radical (unpaired) electrons. The summed E-state index contributed by atoms with van der Waals surface area (Å²) in [4.78, 5) is 72.6. The topological polar surface area (TPSA) is 237 Å². The number of phosphoric ester groups is 2. The number of rotatable bonds is 71. The molecule has 2 unspecified atom stereocenters. The fourth-order valence-electron chi connectivity index (χ4n) is 10.9. The van der Waals surface area contributed by atoms with Crippen molar-refractivity contribution < 1.29 is 80.2 Å². The number of esters is 4. The molecule has 0 aromatic rings. The van der Waals surface area contributed by atoms with Crippen LogP contribution in [-0.2, 0) is 65.4 Å². The molecule has 0 saturated heterocycles. The average molecular weight is 1340 g/mol. The molecule has 17 nitrogen and oxygen atoms in total. The predicted molar refractivity (Wildman–Crippen MR) is 368 cm³/mol. The summed E-state index contributed by atoms with van der Waals surface area (Å²) in [6.45, 7) is 9.50. The van der Waals surface area contributed by atoms with Crippen molar-refractivity contribution in [3.05, 3.63) is 0 Å². The molecular formula is C72H140O17P2. The van der Waals surface area contributed by atoms with Crippen LogP contribution in [0.3, 0.4) is 0 Å². The van der Waals surface area contributed by atoms with Crippen LogP contribution in [-0.4, -0.2) is 96.7 Å². The molecule has 0 aliphatic rings. The Morgan fingerprint density at radius 1 is 0.297 bits per heavy atom. The van der Waals surface area contributed by atoms with Crippen molar-refractivity contribution in [3.63, 3.8) is 0 Å². The van der Waals surface area contributed by atoms with Gasteiger partial charge in [-0.25, -0.2) is 9.13 Å². The largest absolute Gasteiger partial charge is 0.472 e. The van der Waals surface area contributed by atoms with E-state index in [4.69, 9.17) is 37.0 Å². The van der Waals surface area contributed by atoms with Crippen LogP contribution in [0, 0.1) is 11.8 Å². The third-order valence-corrected chi connectivity index (χ3v) is 18.6. The van der Waals surface area contributed by atoms with Gasteiger partial charge >= 0.3 is 39.5 Å². The van der Waals surface area contributed by atoms with Crippen LogP contribution in [0.1, 0.15) is 369 Å². The molecule has 0 aromatic heterocycles. The number of phosphoric acid groups is 2. The second kappa shape index (κ2) is 64.1. The highest BCUT2D eigenvalue weighted by Crippen LogP contribution is 2.45. The monoisotopic (exact) mass is 1340 g/mol. The Morgan fingerprint density at radius 2 is 0.505 bits per heavy atom. The summed E-state index contributed by atoms with van der Waals surface area (Å²) in [5, 5.41) is 10.6. The highest BCUT2D eigenvalue weighted by atomic mass is 31.2. The molecule has 0 rings (SSSR count). The van der Waals surface area contributed by atoms with Gasteiger partial charge in [0.1, 0.15) is 19.3 Å². The maximum atomic E-state index is 13.0. The van der Waals surface area contributed by atoms with Gasteiger partial charge in [-0.2, -0.15) is 0 Å². The van der Waals surface area contributed by atoms with E-state index in [-0.39, 0.29) is 25.7 Å². The standard InChI is InChI=1S/C72H140O17P2/c1-7-9-11-13-15-17-19-21-22-23-28-31-35-42-48-54-69(74)82-60-67(88-72(77)57-51-45-37-33-29-25-24-26-30-34-40-46-52-64(3)4)62-86-90(78,79)84-58-66(73)59-85-91(80,81)87-63-68(61-83-70(75)55-49-43-39-38-41-47-53-65(5)6)89-71(76)56-50-44-36-32-27-20-18-16-14-12-10-8-2/h64-68,73H,7-63H2,1-6H3,(H,78,79)(H,80,81)/t66-,67-,68-/m1/s1. The molecule has 19 heteroatoms. The van der Waals surface area contributed by atoms with Crippen molar-refractivity contribution in [3.8, 4) is 0 Å². The summed E-state index contributed by atoms with van der Waals surface area (Å²) in [7, 11) is -9.90. The van der Waals surface area contributed by atoms with Crippen molar-refractivity contribution in [1.29, 1.82) is 0 Å². The lowest BCUT2D eigenvalue weighted by molar-refractivity contribution is -0.161. The van der Waals surface area contributed by atoms with Gasteiger partial charge in [0, 0.05) is 25.7 Å². The lowest BCUT2D eigenvalue weighted by Gasteiger charge is -2.21. The first-order valence-electron chi connectivity index (χ1n) is 37.5. The molecule has 3 N–H and O–H groups in total. The summed E-state index contributed by atoms with van der Waals surface area (Å²) in [6, 6.07) is 0. The minimum absolute atomic E-state index is 0.106. The SMILES string of the molecule is CCCCCCCCCCCCCCCCCC(=O)OC[C@H](COP(=O)(O)OC[C@@H](O)COP(=O)(O)OC[C@@H](COC(=O)CCCCCCCCC(C)C)OC(=O)CCCCCCCCCCCCCC)OC(=O)CCCCCCCCCCCCCCC(C)C. The molecule has 0 bridgehead atoms. The van der Waals surface area contributed by atoms with Gasteiger partial charge in [-0.15, -0.1) is 0 Å². The Balaban J connectivity index is 5.24. The van der Waals surface area contributed by atoms with E-state index in [1.54, 1.807) is 0 Å². The molecule has 0 heterocycles. The Bertz CT molecular complexity index is 1770. The summed E-state index contributed by atoms with van der Waals surface area (Å²) in [6.07, 6.45) is 50.0. The van der Waals surface area contributed by atoms with Crippen molar-refractivity contribution >= 4 is 39.5 Å². The van der Waals surface area contributed by atoms with E-state index in [2.05, 4.69) is 41.5 Å². The average Bonchev–Trinajstić information content (AvgIpc) is 3.26. The van der Waals surface area contributed by atoms with Crippen LogP contribution >= 0.6 is 15.6 Å². The van der Waals surface area contributed by atoms with Crippen molar-refractivity contribution in [1.82, 2.24) is 0 Å². The fourth-order valence-corrected chi connectivity index (χ4v) is 12.5. The second-order valence-electron chi connectivity index (χ2n) is 26.9. The highest BCUT2D eigenvalue weighted by Gasteiger charge is 2.30. The zero-order valence-corrected chi connectivity index (χ0v) is 60.9. The second-order valence-corrected chi connectivity index (χ2v) is 29.8. The molecule has 0 aliphatic carbocycles. The van der Waals surface area contributed by atoms with E-state index < -0.39 is 97.5 Å². The Hall–Kier alpha value is -1.94.